The number of carbonyl (C=O) groups excluding carboxylic acids is 1. The average molecular weight is 390 g/mol. The number of hydrogen-bond acceptors (Lipinski definition) is 2. The molecule has 0 amide bonds. The van der Waals surface area contributed by atoms with Gasteiger partial charge in [-0.25, -0.2) is 4.39 Å². The molecular formula is C23H29ClFNO. The summed E-state index contributed by atoms with van der Waals surface area (Å²) >= 11 is 0. The van der Waals surface area contributed by atoms with Crippen molar-refractivity contribution in [2.45, 2.75) is 38.5 Å². The van der Waals surface area contributed by atoms with E-state index >= 15 is 0 Å². The van der Waals surface area contributed by atoms with Gasteiger partial charge >= 0.3 is 0 Å². The lowest BCUT2D eigenvalue weighted by Crippen LogP contribution is -2.36. The third kappa shape index (κ3) is 6.15. The Morgan fingerprint density at radius 2 is 1.70 bits per heavy atom. The summed E-state index contributed by atoms with van der Waals surface area (Å²) in [6.45, 7) is 5.55. The maximum absolute atomic E-state index is 12.9. The zero-order valence-electron chi connectivity index (χ0n) is 15.9. The average Bonchev–Trinajstić information content (AvgIpc) is 2.69. The molecule has 0 spiro atoms. The maximum Gasteiger partial charge on any atom is 0.162 e. The molecule has 1 aliphatic rings. The van der Waals surface area contributed by atoms with Crippen molar-refractivity contribution in [2.75, 3.05) is 19.6 Å². The zero-order valence-corrected chi connectivity index (χ0v) is 16.8. The summed E-state index contributed by atoms with van der Waals surface area (Å²) in [5.74, 6) is 1.17. The van der Waals surface area contributed by atoms with Crippen LogP contribution in [-0.2, 0) is 0 Å². The summed E-state index contributed by atoms with van der Waals surface area (Å²) in [7, 11) is 0. The van der Waals surface area contributed by atoms with Crippen molar-refractivity contribution in [1.29, 1.82) is 0 Å². The molecule has 1 fully saturated rings. The monoisotopic (exact) mass is 389 g/mol. The van der Waals surface area contributed by atoms with Crippen LogP contribution in [0.4, 0.5) is 4.39 Å². The van der Waals surface area contributed by atoms with Gasteiger partial charge in [0.2, 0.25) is 0 Å². The lowest BCUT2D eigenvalue weighted by Gasteiger charge is -2.35. The number of nitrogens with zero attached hydrogens (tertiary/aromatic N) is 1. The van der Waals surface area contributed by atoms with Crippen molar-refractivity contribution in [1.82, 2.24) is 4.90 Å². The summed E-state index contributed by atoms with van der Waals surface area (Å²) in [5.41, 5.74) is 2.05. The number of rotatable bonds is 7. The number of likely N-dealkylation sites (tertiary alicyclic amines) is 1. The van der Waals surface area contributed by atoms with E-state index in [-0.39, 0.29) is 24.0 Å². The second-order valence-corrected chi connectivity index (χ2v) is 7.41. The van der Waals surface area contributed by atoms with Crippen molar-refractivity contribution in [3.63, 3.8) is 0 Å². The van der Waals surface area contributed by atoms with Crippen molar-refractivity contribution in [2.24, 2.45) is 5.92 Å². The fraction of sp³-hybridized carbons (Fsp3) is 0.435. The summed E-state index contributed by atoms with van der Waals surface area (Å²) in [4.78, 5) is 14.6. The third-order valence-electron chi connectivity index (χ3n) is 5.71. The van der Waals surface area contributed by atoms with Gasteiger partial charge < -0.3 is 4.90 Å². The Morgan fingerprint density at radius 1 is 1.07 bits per heavy atom. The Balaban J connectivity index is 0.00000261. The highest BCUT2D eigenvalue weighted by atomic mass is 35.5. The molecule has 1 saturated heterocycles. The molecule has 1 heterocycles. The minimum atomic E-state index is -0.297. The molecule has 1 unspecified atom stereocenters. The zero-order chi connectivity index (χ0) is 18.4. The van der Waals surface area contributed by atoms with Crippen molar-refractivity contribution in [3.05, 3.63) is 71.5 Å². The van der Waals surface area contributed by atoms with E-state index in [1.54, 1.807) is 12.1 Å². The molecule has 4 heteroatoms. The molecule has 0 N–H and O–H groups in total. The SMILES string of the molecule is CC(c1ccccc1)C1CCN(CCCC(=O)c2ccc(F)cc2)CC1.Cl. The summed E-state index contributed by atoms with van der Waals surface area (Å²) in [5, 5.41) is 0. The van der Waals surface area contributed by atoms with Crippen LogP contribution in [0.3, 0.4) is 0 Å². The minimum absolute atomic E-state index is 0. The van der Waals surface area contributed by atoms with Gasteiger partial charge in [-0.2, -0.15) is 0 Å². The lowest BCUT2D eigenvalue weighted by molar-refractivity contribution is 0.0969. The van der Waals surface area contributed by atoms with Gasteiger partial charge in [-0.3, -0.25) is 4.79 Å². The molecule has 2 nitrogen and oxygen atoms in total. The number of piperidine rings is 1. The van der Waals surface area contributed by atoms with Crippen molar-refractivity contribution >= 4 is 18.2 Å². The van der Waals surface area contributed by atoms with E-state index in [4.69, 9.17) is 0 Å². The van der Waals surface area contributed by atoms with E-state index in [0.717, 1.165) is 32.0 Å². The number of carbonyl (C=O) groups is 1. The first-order chi connectivity index (χ1) is 12.6. The molecule has 146 valence electrons. The molecule has 27 heavy (non-hydrogen) atoms. The summed E-state index contributed by atoms with van der Waals surface area (Å²) in [6, 6.07) is 16.7. The number of hydrogen-bond donors (Lipinski definition) is 0. The standard InChI is InChI=1S/C23H28FNO.ClH/c1-18(19-6-3-2-4-7-19)20-13-16-25(17-14-20)15-5-8-23(26)21-9-11-22(24)12-10-21;/h2-4,6-7,9-12,18,20H,5,8,13-17H2,1H3;1H. The molecule has 2 aromatic carbocycles. The molecule has 0 radical (unpaired) electrons. The van der Waals surface area contributed by atoms with Crippen LogP contribution >= 0.6 is 12.4 Å². The number of Topliss-reactive ketones (excluding diaryl/α,β-unsaturated/α-hetero) is 1. The van der Waals surface area contributed by atoms with Gasteiger partial charge in [0.15, 0.2) is 5.78 Å². The van der Waals surface area contributed by atoms with Crippen molar-refractivity contribution < 1.29 is 9.18 Å². The first-order valence-corrected chi connectivity index (χ1v) is 9.69. The van der Waals surface area contributed by atoms with Crippen LogP contribution in [0.15, 0.2) is 54.6 Å². The summed E-state index contributed by atoms with van der Waals surface area (Å²) < 4.78 is 12.9. The molecule has 1 aliphatic heterocycles. The number of ketones is 1. The highest BCUT2D eigenvalue weighted by Gasteiger charge is 2.24. The molecule has 3 rings (SSSR count). The van der Waals surface area contributed by atoms with E-state index in [2.05, 4.69) is 42.2 Å². The van der Waals surface area contributed by atoms with Gasteiger partial charge in [0.25, 0.3) is 0 Å². The minimum Gasteiger partial charge on any atom is -0.303 e. The highest BCUT2D eigenvalue weighted by molar-refractivity contribution is 5.95. The number of halogens is 2. The predicted molar refractivity (Wildman–Crippen MR) is 111 cm³/mol. The molecule has 1 atom stereocenters. The van der Waals surface area contributed by atoms with E-state index < -0.39 is 0 Å². The first-order valence-electron chi connectivity index (χ1n) is 9.69. The Bertz CT molecular complexity index is 696. The van der Waals surface area contributed by atoms with Crippen LogP contribution in [0.25, 0.3) is 0 Å². The lowest BCUT2D eigenvalue weighted by atomic mass is 9.81. The highest BCUT2D eigenvalue weighted by Crippen LogP contribution is 2.32. The van der Waals surface area contributed by atoms with E-state index in [9.17, 15) is 9.18 Å². The van der Waals surface area contributed by atoms with E-state index in [0.29, 0.717) is 17.9 Å². The van der Waals surface area contributed by atoms with Crippen LogP contribution in [0.1, 0.15) is 54.4 Å². The maximum atomic E-state index is 12.9. The smallest absolute Gasteiger partial charge is 0.162 e. The molecule has 0 bridgehead atoms. The molecule has 0 aliphatic carbocycles. The largest absolute Gasteiger partial charge is 0.303 e. The van der Waals surface area contributed by atoms with Gasteiger partial charge in [-0.15, -0.1) is 12.4 Å². The fourth-order valence-corrected chi connectivity index (χ4v) is 3.95. The van der Waals surface area contributed by atoms with Crippen LogP contribution in [0.5, 0.6) is 0 Å². The Hall–Kier alpha value is -1.71. The molecular weight excluding hydrogens is 361 g/mol. The Kier molecular flexibility index (Phi) is 8.46. The Morgan fingerprint density at radius 3 is 2.33 bits per heavy atom. The van der Waals surface area contributed by atoms with Crippen molar-refractivity contribution in [3.8, 4) is 0 Å². The van der Waals surface area contributed by atoms with Crippen LogP contribution in [-0.4, -0.2) is 30.3 Å². The second kappa shape index (κ2) is 10.6. The van der Waals surface area contributed by atoms with Gasteiger partial charge in [-0.1, -0.05) is 37.3 Å². The van der Waals surface area contributed by atoms with Gasteiger partial charge in [-0.05, 0) is 80.6 Å². The van der Waals surface area contributed by atoms with E-state index in [1.165, 1.54) is 30.5 Å². The normalized spacial score (nSPS) is 16.5. The fourth-order valence-electron chi connectivity index (χ4n) is 3.95. The second-order valence-electron chi connectivity index (χ2n) is 7.41. The third-order valence-corrected chi connectivity index (χ3v) is 5.71. The van der Waals surface area contributed by atoms with Crippen LogP contribution in [0, 0.1) is 11.7 Å². The molecule has 2 aromatic rings. The van der Waals surface area contributed by atoms with Crippen LogP contribution < -0.4 is 0 Å². The predicted octanol–water partition coefficient (Wildman–Crippen LogP) is 5.73. The molecule has 0 saturated carbocycles. The van der Waals surface area contributed by atoms with E-state index in [1.807, 2.05) is 0 Å². The Labute approximate surface area is 168 Å². The van der Waals surface area contributed by atoms with Crippen LogP contribution in [0.2, 0.25) is 0 Å². The van der Waals surface area contributed by atoms with Gasteiger partial charge in [0, 0.05) is 12.0 Å². The topological polar surface area (TPSA) is 20.3 Å². The van der Waals surface area contributed by atoms with Gasteiger partial charge in [0.05, 0.1) is 0 Å². The quantitative estimate of drug-likeness (QED) is 0.564. The summed E-state index contributed by atoms with van der Waals surface area (Å²) in [6.07, 6.45) is 3.85. The number of benzene rings is 2. The molecule has 0 aromatic heterocycles. The van der Waals surface area contributed by atoms with Gasteiger partial charge in [0.1, 0.15) is 5.82 Å². The first kappa shape index (κ1) is 21.6.